The second-order valence-electron chi connectivity index (χ2n) is 5.32. The van der Waals surface area contributed by atoms with Gasteiger partial charge >= 0.3 is 5.97 Å². The van der Waals surface area contributed by atoms with Gasteiger partial charge in [-0.25, -0.2) is 9.78 Å². The Morgan fingerprint density at radius 1 is 1.44 bits per heavy atom. The van der Waals surface area contributed by atoms with Crippen LogP contribution in [0.5, 0.6) is 0 Å². The highest BCUT2D eigenvalue weighted by Gasteiger charge is 2.34. The van der Waals surface area contributed by atoms with Crippen molar-refractivity contribution in [3.8, 4) is 0 Å². The van der Waals surface area contributed by atoms with E-state index in [9.17, 15) is 4.79 Å². The van der Waals surface area contributed by atoms with Crippen molar-refractivity contribution >= 4 is 17.3 Å². The Morgan fingerprint density at radius 2 is 2.28 bits per heavy atom. The summed E-state index contributed by atoms with van der Waals surface area (Å²) < 4.78 is 0. The summed E-state index contributed by atoms with van der Waals surface area (Å²) >= 11 is 1.23. The third-order valence-corrected chi connectivity index (χ3v) is 5.09. The van der Waals surface area contributed by atoms with Gasteiger partial charge in [0, 0.05) is 18.0 Å². The van der Waals surface area contributed by atoms with Gasteiger partial charge in [-0.05, 0) is 38.1 Å². The lowest BCUT2D eigenvalue weighted by Gasteiger charge is -2.37. The van der Waals surface area contributed by atoms with Gasteiger partial charge in [-0.1, -0.05) is 6.42 Å². The summed E-state index contributed by atoms with van der Waals surface area (Å²) in [5, 5.41) is 11.0. The summed E-state index contributed by atoms with van der Waals surface area (Å²) in [6.45, 7) is 1.96. The first-order valence-electron chi connectivity index (χ1n) is 6.66. The predicted octanol–water partition coefficient (Wildman–Crippen LogP) is 2.61. The molecule has 1 aromatic heterocycles. The van der Waals surface area contributed by atoms with Gasteiger partial charge in [0.1, 0.15) is 0 Å². The van der Waals surface area contributed by atoms with Gasteiger partial charge in [-0.15, -0.1) is 11.3 Å². The van der Waals surface area contributed by atoms with E-state index in [-0.39, 0.29) is 5.01 Å². The zero-order chi connectivity index (χ0) is 12.5. The Labute approximate surface area is 111 Å². The Balaban J connectivity index is 1.69. The number of carboxylic acids is 1. The first-order chi connectivity index (χ1) is 8.74. The molecule has 2 fully saturated rings. The van der Waals surface area contributed by atoms with Crippen LogP contribution in [0.3, 0.4) is 0 Å². The molecule has 0 bridgehead atoms. The Morgan fingerprint density at radius 3 is 3.06 bits per heavy atom. The van der Waals surface area contributed by atoms with Gasteiger partial charge in [0.05, 0.1) is 5.69 Å². The Hall–Kier alpha value is -0.940. The van der Waals surface area contributed by atoms with Crippen LogP contribution in [0.25, 0.3) is 0 Å². The molecule has 1 aliphatic carbocycles. The fourth-order valence-corrected chi connectivity index (χ4v) is 4.08. The summed E-state index contributed by atoms with van der Waals surface area (Å²) in [4.78, 5) is 17.5. The predicted molar refractivity (Wildman–Crippen MR) is 69.8 cm³/mol. The average Bonchev–Trinajstić information content (AvgIpc) is 2.97. The topological polar surface area (TPSA) is 53.4 Å². The van der Waals surface area contributed by atoms with Crippen molar-refractivity contribution in [1.82, 2.24) is 9.88 Å². The Bertz CT molecular complexity index is 446. The minimum atomic E-state index is -0.913. The van der Waals surface area contributed by atoms with E-state index in [4.69, 9.17) is 5.11 Å². The molecule has 5 heteroatoms. The van der Waals surface area contributed by atoms with Crippen molar-refractivity contribution in [3.05, 3.63) is 16.1 Å². The largest absolute Gasteiger partial charge is 0.476 e. The number of rotatable bonds is 3. The number of fused-ring (bicyclic) bond motifs is 1. The van der Waals surface area contributed by atoms with Crippen LogP contribution in [-0.2, 0) is 6.54 Å². The second kappa shape index (κ2) is 4.97. The molecule has 2 atom stereocenters. The first kappa shape index (κ1) is 12.1. The number of hydrogen-bond acceptors (Lipinski definition) is 4. The first-order valence-corrected chi connectivity index (χ1v) is 7.54. The third kappa shape index (κ3) is 2.29. The van der Waals surface area contributed by atoms with Crippen molar-refractivity contribution in [2.45, 2.75) is 44.7 Å². The van der Waals surface area contributed by atoms with E-state index >= 15 is 0 Å². The summed E-state index contributed by atoms with van der Waals surface area (Å²) in [6, 6.07) is 0.716. The smallest absolute Gasteiger partial charge is 0.365 e. The SMILES string of the molecule is O=C(O)c1nc(CN2CCCC3CCCC32)cs1. The quantitative estimate of drug-likeness (QED) is 0.913. The molecular formula is C13H18N2O2S. The van der Waals surface area contributed by atoms with Gasteiger partial charge in [0.25, 0.3) is 0 Å². The van der Waals surface area contributed by atoms with E-state index in [0.29, 0.717) is 6.04 Å². The van der Waals surface area contributed by atoms with Crippen molar-refractivity contribution in [2.24, 2.45) is 5.92 Å². The molecule has 2 heterocycles. The van der Waals surface area contributed by atoms with Crippen molar-refractivity contribution in [2.75, 3.05) is 6.54 Å². The fraction of sp³-hybridized carbons (Fsp3) is 0.692. The minimum Gasteiger partial charge on any atom is -0.476 e. The molecule has 2 aliphatic rings. The van der Waals surface area contributed by atoms with Gasteiger partial charge in [-0.2, -0.15) is 0 Å². The van der Waals surface area contributed by atoms with Crippen molar-refractivity contribution in [3.63, 3.8) is 0 Å². The summed E-state index contributed by atoms with van der Waals surface area (Å²) in [7, 11) is 0. The van der Waals surface area contributed by atoms with Gasteiger partial charge in [0.15, 0.2) is 0 Å². The molecule has 1 N–H and O–H groups in total. The molecule has 18 heavy (non-hydrogen) atoms. The number of likely N-dealkylation sites (tertiary alicyclic amines) is 1. The van der Waals surface area contributed by atoms with Gasteiger partial charge < -0.3 is 5.11 Å². The van der Waals surface area contributed by atoms with Crippen LogP contribution in [0.15, 0.2) is 5.38 Å². The van der Waals surface area contributed by atoms with E-state index in [1.807, 2.05) is 5.38 Å². The lowest BCUT2D eigenvalue weighted by Crippen LogP contribution is -2.41. The maximum atomic E-state index is 10.8. The lowest BCUT2D eigenvalue weighted by molar-refractivity contribution is 0.0695. The highest BCUT2D eigenvalue weighted by molar-refractivity contribution is 7.11. The average molecular weight is 266 g/mol. The van der Waals surface area contributed by atoms with Crippen molar-refractivity contribution < 1.29 is 9.90 Å². The van der Waals surface area contributed by atoms with Crippen LogP contribution in [0, 0.1) is 5.92 Å². The van der Waals surface area contributed by atoms with Gasteiger partial charge in [-0.3, -0.25) is 4.90 Å². The normalized spacial score (nSPS) is 28.2. The monoisotopic (exact) mass is 266 g/mol. The number of nitrogens with zero attached hydrogens (tertiary/aromatic N) is 2. The standard InChI is InChI=1S/C13H18N2O2S/c16-13(17)12-14-10(8-18-12)7-15-6-2-4-9-3-1-5-11(9)15/h8-9,11H,1-7H2,(H,16,17). The summed E-state index contributed by atoms with van der Waals surface area (Å²) in [6.07, 6.45) is 6.68. The lowest BCUT2D eigenvalue weighted by atomic mass is 9.92. The molecule has 1 saturated heterocycles. The molecule has 1 aromatic rings. The molecule has 1 saturated carbocycles. The van der Waals surface area contributed by atoms with Crippen molar-refractivity contribution in [1.29, 1.82) is 0 Å². The molecule has 4 nitrogen and oxygen atoms in total. The van der Waals surface area contributed by atoms with E-state index in [0.717, 1.165) is 24.7 Å². The molecule has 3 rings (SSSR count). The van der Waals surface area contributed by atoms with E-state index in [1.54, 1.807) is 0 Å². The zero-order valence-corrected chi connectivity index (χ0v) is 11.2. The van der Waals surface area contributed by atoms with Crippen LogP contribution in [0.4, 0.5) is 0 Å². The number of aromatic nitrogens is 1. The fourth-order valence-electron chi connectivity index (χ4n) is 3.44. The number of hydrogen-bond donors (Lipinski definition) is 1. The maximum absolute atomic E-state index is 10.8. The summed E-state index contributed by atoms with van der Waals surface area (Å²) in [5.41, 5.74) is 0.921. The molecule has 2 unspecified atom stereocenters. The minimum absolute atomic E-state index is 0.213. The zero-order valence-electron chi connectivity index (χ0n) is 10.3. The third-order valence-electron chi connectivity index (χ3n) is 4.21. The maximum Gasteiger partial charge on any atom is 0.365 e. The molecular weight excluding hydrogens is 248 g/mol. The number of carboxylic acid groups (broad SMARTS) is 1. The number of carbonyl (C=O) groups is 1. The van der Waals surface area contributed by atoms with Crippen LogP contribution >= 0.6 is 11.3 Å². The summed E-state index contributed by atoms with van der Waals surface area (Å²) in [5.74, 6) is -0.0417. The number of piperidine rings is 1. The highest BCUT2D eigenvalue weighted by Crippen LogP contribution is 2.37. The molecule has 98 valence electrons. The molecule has 0 radical (unpaired) electrons. The molecule has 0 aromatic carbocycles. The Kier molecular flexibility index (Phi) is 3.35. The highest BCUT2D eigenvalue weighted by atomic mass is 32.1. The van der Waals surface area contributed by atoms with Gasteiger partial charge in [0.2, 0.25) is 5.01 Å². The molecule has 0 amide bonds. The van der Waals surface area contributed by atoms with Crippen LogP contribution in [0.1, 0.15) is 47.6 Å². The number of thiazole rings is 1. The van der Waals surface area contributed by atoms with E-state index in [2.05, 4.69) is 9.88 Å². The van der Waals surface area contributed by atoms with E-state index < -0.39 is 5.97 Å². The van der Waals surface area contributed by atoms with Crippen LogP contribution in [0.2, 0.25) is 0 Å². The molecule has 0 spiro atoms. The number of aromatic carboxylic acids is 1. The van der Waals surface area contributed by atoms with Crippen LogP contribution in [-0.4, -0.2) is 33.5 Å². The van der Waals surface area contributed by atoms with E-state index in [1.165, 1.54) is 43.4 Å². The second-order valence-corrected chi connectivity index (χ2v) is 6.18. The van der Waals surface area contributed by atoms with Crippen LogP contribution < -0.4 is 0 Å². The molecule has 1 aliphatic heterocycles.